The number of allylic oxidation sites excluding steroid dienone is 1. The molecule has 4 nitrogen and oxygen atoms in total. The van der Waals surface area contributed by atoms with Gasteiger partial charge in [-0.3, -0.25) is 9.59 Å². The molecule has 4 rings (SSSR count). The zero-order chi connectivity index (χ0) is 16.4. The maximum absolute atomic E-state index is 13.1. The Bertz CT molecular complexity index is 803. The van der Waals surface area contributed by atoms with Crippen LogP contribution in [0.4, 0.5) is 5.69 Å². The number of ether oxygens (including phenoxy) is 1. The Labute approximate surface area is 135 Å². The van der Waals surface area contributed by atoms with E-state index in [9.17, 15) is 9.59 Å². The van der Waals surface area contributed by atoms with Crippen molar-refractivity contribution in [1.29, 1.82) is 0 Å². The topological polar surface area (TPSA) is 46.6 Å². The quantitative estimate of drug-likeness (QED) is 0.740. The monoisotopic (exact) mass is 309 g/mol. The van der Waals surface area contributed by atoms with Crippen molar-refractivity contribution in [3.63, 3.8) is 0 Å². The second-order valence-electron chi connectivity index (χ2n) is 7.35. The van der Waals surface area contributed by atoms with Crippen LogP contribution in [0.1, 0.15) is 32.3 Å². The summed E-state index contributed by atoms with van der Waals surface area (Å²) in [5, 5.41) is 0. The first kappa shape index (κ1) is 14.2. The predicted octanol–water partition coefficient (Wildman–Crippen LogP) is 3.09. The number of para-hydroxylation sites is 1. The zero-order valence-electron chi connectivity index (χ0n) is 13.6. The van der Waals surface area contributed by atoms with Crippen LogP contribution in [0, 0.1) is 5.41 Å². The number of ketones is 1. The Morgan fingerprint density at radius 3 is 2.65 bits per heavy atom. The highest BCUT2D eigenvalue weighted by Gasteiger charge is 2.56. The van der Waals surface area contributed by atoms with E-state index in [2.05, 4.69) is 13.8 Å². The summed E-state index contributed by atoms with van der Waals surface area (Å²) in [4.78, 5) is 27.7. The number of hydrogen-bond acceptors (Lipinski definition) is 3. The van der Waals surface area contributed by atoms with Crippen LogP contribution in [0.15, 0.2) is 47.9 Å². The lowest BCUT2D eigenvalue weighted by Crippen LogP contribution is -2.45. The first-order valence-corrected chi connectivity index (χ1v) is 7.86. The first-order valence-electron chi connectivity index (χ1n) is 7.86. The van der Waals surface area contributed by atoms with Crippen molar-refractivity contribution in [1.82, 2.24) is 0 Å². The van der Waals surface area contributed by atoms with E-state index in [1.165, 1.54) is 0 Å². The molecule has 3 aliphatic rings. The second-order valence-corrected chi connectivity index (χ2v) is 7.35. The molecule has 1 unspecified atom stereocenters. The molecular formula is C19H19NO3. The summed E-state index contributed by atoms with van der Waals surface area (Å²) in [6.07, 6.45) is 4.41. The van der Waals surface area contributed by atoms with Gasteiger partial charge < -0.3 is 9.64 Å². The lowest BCUT2D eigenvalue weighted by Gasteiger charge is -2.39. The number of Topliss-reactive ketones (excluding diaryl/α,β-unsaturated/α-hetero) is 1. The van der Waals surface area contributed by atoms with Crippen molar-refractivity contribution >= 4 is 17.4 Å². The largest absolute Gasteiger partial charge is 0.469 e. The van der Waals surface area contributed by atoms with Gasteiger partial charge in [0.15, 0.2) is 5.78 Å². The maximum Gasteiger partial charge on any atom is 0.246 e. The highest BCUT2D eigenvalue weighted by Crippen LogP contribution is 2.53. The van der Waals surface area contributed by atoms with Crippen LogP contribution in [0.5, 0.6) is 0 Å². The molecular weight excluding hydrogens is 290 g/mol. The molecule has 1 spiro atoms. The van der Waals surface area contributed by atoms with E-state index in [4.69, 9.17) is 4.74 Å². The summed E-state index contributed by atoms with van der Waals surface area (Å²) in [6, 6.07) is 7.67. The fraction of sp³-hybridized carbons (Fsp3) is 0.368. The number of anilines is 1. The number of amides is 1. The maximum atomic E-state index is 13.1. The van der Waals surface area contributed by atoms with Gasteiger partial charge in [-0.15, -0.1) is 0 Å². The Morgan fingerprint density at radius 1 is 1.13 bits per heavy atom. The number of fused-ring (bicyclic) bond motifs is 3. The Balaban J connectivity index is 2.00. The van der Waals surface area contributed by atoms with Crippen LogP contribution in [0.25, 0.3) is 0 Å². The van der Waals surface area contributed by atoms with E-state index < -0.39 is 5.41 Å². The first-order chi connectivity index (χ1) is 10.9. The predicted molar refractivity (Wildman–Crippen MR) is 86.8 cm³/mol. The van der Waals surface area contributed by atoms with Gasteiger partial charge >= 0.3 is 0 Å². The molecule has 2 aliphatic heterocycles. The number of rotatable bonds is 0. The second kappa shape index (κ2) is 4.34. The van der Waals surface area contributed by atoms with Crippen molar-refractivity contribution < 1.29 is 14.3 Å². The fourth-order valence-electron chi connectivity index (χ4n) is 4.10. The summed E-state index contributed by atoms with van der Waals surface area (Å²) >= 11 is 0. The van der Waals surface area contributed by atoms with Crippen LogP contribution < -0.4 is 4.90 Å². The van der Waals surface area contributed by atoms with Crippen molar-refractivity contribution in [2.45, 2.75) is 32.1 Å². The highest BCUT2D eigenvalue weighted by molar-refractivity contribution is 6.18. The number of hydrogen-bond donors (Lipinski definition) is 0. The molecule has 118 valence electrons. The molecule has 4 heteroatoms. The van der Waals surface area contributed by atoms with Gasteiger partial charge in [-0.25, -0.2) is 0 Å². The zero-order valence-corrected chi connectivity index (χ0v) is 13.6. The summed E-state index contributed by atoms with van der Waals surface area (Å²) in [6.45, 7) is 4.11. The van der Waals surface area contributed by atoms with Gasteiger partial charge in [0.25, 0.3) is 0 Å². The van der Waals surface area contributed by atoms with Crippen molar-refractivity contribution in [3.05, 3.63) is 53.5 Å². The van der Waals surface area contributed by atoms with Crippen LogP contribution in [-0.2, 0) is 19.7 Å². The third-order valence-corrected chi connectivity index (χ3v) is 5.09. The van der Waals surface area contributed by atoms with Gasteiger partial charge in [-0.1, -0.05) is 32.0 Å². The Morgan fingerprint density at radius 2 is 1.87 bits per heavy atom. The minimum Gasteiger partial charge on any atom is -0.469 e. The van der Waals surface area contributed by atoms with E-state index in [1.54, 1.807) is 24.3 Å². The molecule has 1 aromatic rings. The van der Waals surface area contributed by atoms with Gasteiger partial charge in [0.2, 0.25) is 5.91 Å². The van der Waals surface area contributed by atoms with Gasteiger partial charge in [0.1, 0.15) is 11.2 Å². The standard InChI is InChI=1S/C19H19NO3/c1-18(2)10-14(21)16-15(11-18)23-9-8-19(16)12-6-4-5-7-13(12)20(3)17(19)22/h4-9H,10-11H2,1-3H3. The third kappa shape index (κ3) is 1.72. The minimum atomic E-state index is -1.02. The molecule has 2 heterocycles. The molecule has 1 aliphatic carbocycles. The summed E-state index contributed by atoms with van der Waals surface area (Å²) in [5.41, 5.74) is 1.09. The van der Waals surface area contributed by atoms with E-state index >= 15 is 0 Å². The van der Waals surface area contributed by atoms with Gasteiger partial charge in [-0.05, 0) is 17.6 Å². The summed E-state index contributed by atoms with van der Waals surface area (Å²) in [5.74, 6) is 0.574. The number of likely N-dealkylation sites (N-methyl/N-ethyl adjacent to an activating group) is 1. The van der Waals surface area contributed by atoms with E-state index in [-0.39, 0.29) is 17.1 Å². The highest BCUT2D eigenvalue weighted by atomic mass is 16.5. The van der Waals surface area contributed by atoms with E-state index in [0.717, 1.165) is 11.3 Å². The van der Waals surface area contributed by atoms with Gasteiger partial charge in [0.05, 0.1) is 11.8 Å². The summed E-state index contributed by atoms with van der Waals surface area (Å²) < 4.78 is 5.68. The molecule has 1 aromatic carbocycles. The van der Waals surface area contributed by atoms with Crippen molar-refractivity contribution in [2.24, 2.45) is 5.41 Å². The SMILES string of the molecule is CN1C(=O)C2(C=COC3=C2C(=O)CC(C)(C)C3)c2ccccc21. The lowest BCUT2D eigenvalue weighted by atomic mass is 9.65. The Hall–Kier alpha value is -2.36. The lowest BCUT2D eigenvalue weighted by molar-refractivity contribution is -0.125. The molecule has 0 aromatic heterocycles. The molecule has 0 N–H and O–H groups in total. The van der Waals surface area contributed by atoms with E-state index in [0.29, 0.717) is 24.2 Å². The Kier molecular flexibility index (Phi) is 2.69. The molecule has 0 saturated carbocycles. The molecule has 0 saturated heterocycles. The molecule has 0 radical (unpaired) electrons. The van der Waals surface area contributed by atoms with Gasteiger partial charge in [0, 0.05) is 31.1 Å². The van der Waals surface area contributed by atoms with Crippen molar-refractivity contribution in [2.75, 3.05) is 11.9 Å². The van der Waals surface area contributed by atoms with E-state index in [1.807, 2.05) is 24.3 Å². The smallest absolute Gasteiger partial charge is 0.246 e. The van der Waals surface area contributed by atoms with Crippen LogP contribution in [0.2, 0.25) is 0 Å². The fourth-order valence-corrected chi connectivity index (χ4v) is 4.10. The molecule has 0 bridgehead atoms. The number of benzene rings is 1. The molecule has 1 amide bonds. The number of carbonyl (C=O) groups excluding carboxylic acids is 2. The number of carbonyl (C=O) groups is 2. The third-order valence-electron chi connectivity index (χ3n) is 5.09. The molecule has 0 fully saturated rings. The average Bonchev–Trinajstić information content (AvgIpc) is 2.69. The minimum absolute atomic E-state index is 0.0130. The number of nitrogens with zero attached hydrogens (tertiary/aromatic N) is 1. The summed E-state index contributed by atoms with van der Waals surface area (Å²) in [7, 11) is 1.76. The molecule has 23 heavy (non-hydrogen) atoms. The van der Waals surface area contributed by atoms with Crippen LogP contribution in [-0.4, -0.2) is 18.7 Å². The molecule has 1 atom stereocenters. The van der Waals surface area contributed by atoms with Crippen LogP contribution in [0.3, 0.4) is 0 Å². The van der Waals surface area contributed by atoms with Gasteiger partial charge in [-0.2, -0.15) is 0 Å². The van der Waals surface area contributed by atoms with Crippen LogP contribution >= 0.6 is 0 Å². The normalized spacial score (nSPS) is 28.0. The average molecular weight is 309 g/mol. The van der Waals surface area contributed by atoms with Crippen molar-refractivity contribution in [3.8, 4) is 0 Å².